The van der Waals surface area contributed by atoms with Gasteiger partial charge in [0.15, 0.2) is 11.5 Å². The van der Waals surface area contributed by atoms with Crippen molar-refractivity contribution in [3.8, 4) is 11.5 Å². The SMILES string of the molecule is CCS(=O)(=O)Nc1ccc(NC(=O)c2ccc(OCc3c(C)noc3C)c(OC)c2)cc1C. The molecule has 0 spiro atoms. The fourth-order valence-electron chi connectivity index (χ4n) is 3.08. The van der Waals surface area contributed by atoms with E-state index in [2.05, 4.69) is 15.2 Å². The zero-order valence-corrected chi connectivity index (χ0v) is 20.0. The van der Waals surface area contributed by atoms with E-state index >= 15 is 0 Å². The highest BCUT2D eigenvalue weighted by atomic mass is 32.2. The summed E-state index contributed by atoms with van der Waals surface area (Å²) in [4.78, 5) is 12.8. The molecule has 0 saturated heterocycles. The van der Waals surface area contributed by atoms with Gasteiger partial charge in [-0.1, -0.05) is 5.16 Å². The van der Waals surface area contributed by atoms with E-state index in [1.54, 1.807) is 50.2 Å². The third kappa shape index (κ3) is 5.83. The number of carbonyl (C=O) groups is 1. The number of aromatic nitrogens is 1. The number of benzene rings is 2. The molecule has 2 aromatic carbocycles. The van der Waals surface area contributed by atoms with Crippen LogP contribution in [-0.2, 0) is 16.6 Å². The first kappa shape index (κ1) is 24.1. The number of ether oxygens (including phenoxy) is 2. The van der Waals surface area contributed by atoms with Crippen LogP contribution in [0.5, 0.6) is 11.5 Å². The van der Waals surface area contributed by atoms with E-state index in [0.717, 1.165) is 11.3 Å². The van der Waals surface area contributed by atoms with E-state index in [4.69, 9.17) is 14.0 Å². The number of methoxy groups -OCH3 is 1. The molecule has 176 valence electrons. The molecular weight excluding hydrogens is 446 g/mol. The Labute approximate surface area is 193 Å². The van der Waals surface area contributed by atoms with E-state index in [1.165, 1.54) is 7.11 Å². The molecule has 2 N–H and O–H groups in total. The zero-order valence-electron chi connectivity index (χ0n) is 19.2. The molecule has 0 saturated carbocycles. The number of carbonyl (C=O) groups excluding carboxylic acids is 1. The average molecular weight is 474 g/mol. The number of aryl methyl sites for hydroxylation is 3. The van der Waals surface area contributed by atoms with Gasteiger partial charge in [0.2, 0.25) is 10.0 Å². The minimum atomic E-state index is -3.38. The lowest BCUT2D eigenvalue weighted by molar-refractivity contribution is 0.102. The number of rotatable bonds is 9. The van der Waals surface area contributed by atoms with Gasteiger partial charge >= 0.3 is 0 Å². The Morgan fingerprint density at radius 2 is 1.85 bits per heavy atom. The fourth-order valence-corrected chi connectivity index (χ4v) is 3.79. The van der Waals surface area contributed by atoms with E-state index < -0.39 is 10.0 Å². The van der Waals surface area contributed by atoms with Gasteiger partial charge in [0.1, 0.15) is 12.4 Å². The van der Waals surface area contributed by atoms with Crippen LogP contribution in [0.1, 0.15) is 39.9 Å². The van der Waals surface area contributed by atoms with Crippen LogP contribution in [0.25, 0.3) is 0 Å². The van der Waals surface area contributed by atoms with Crippen molar-refractivity contribution < 1.29 is 27.2 Å². The number of anilines is 2. The van der Waals surface area contributed by atoms with Crippen LogP contribution in [0.3, 0.4) is 0 Å². The molecule has 10 heteroatoms. The molecule has 1 amide bonds. The monoisotopic (exact) mass is 473 g/mol. The molecule has 1 heterocycles. The van der Waals surface area contributed by atoms with E-state index in [1.807, 2.05) is 13.8 Å². The smallest absolute Gasteiger partial charge is 0.255 e. The van der Waals surface area contributed by atoms with E-state index in [-0.39, 0.29) is 18.3 Å². The van der Waals surface area contributed by atoms with Crippen LogP contribution in [0.4, 0.5) is 11.4 Å². The van der Waals surface area contributed by atoms with Gasteiger partial charge in [-0.05, 0) is 69.7 Å². The van der Waals surface area contributed by atoms with Gasteiger partial charge in [0.25, 0.3) is 5.91 Å². The molecule has 0 aliphatic heterocycles. The summed E-state index contributed by atoms with van der Waals surface area (Å²) in [7, 11) is -1.88. The van der Waals surface area contributed by atoms with Crippen LogP contribution >= 0.6 is 0 Å². The molecule has 0 unspecified atom stereocenters. The minimum absolute atomic E-state index is 0.0232. The van der Waals surface area contributed by atoms with Crippen molar-refractivity contribution in [2.75, 3.05) is 22.9 Å². The average Bonchev–Trinajstić information content (AvgIpc) is 3.11. The highest BCUT2D eigenvalue weighted by molar-refractivity contribution is 7.92. The summed E-state index contributed by atoms with van der Waals surface area (Å²) >= 11 is 0. The fraction of sp³-hybridized carbons (Fsp3) is 0.304. The molecule has 0 bridgehead atoms. The van der Waals surface area contributed by atoms with Crippen molar-refractivity contribution in [3.05, 3.63) is 64.5 Å². The third-order valence-corrected chi connectivity index (χ3v) is 6.40. The summed E-state index contributed by atoms with van der Waals surface area (Å²) in [5, 5.41) is 6.72. The molecule has 0 fully saturated rings. The van der Waals surface area contributed by atoms with Crippen LogP contribution in [0.15, 0.2) is 40.9 Å². The number of hydrogen-bond donors (Lipinski definition) is 2. The second-order valence-corrected chi connectivity index (χ2v) is 9.46. The number of nitrogens with zero attached hydrogens (tertiary/aromatic N) is 1. The van der Waals surface area contributed by atoms with Crippen molar-refractivity contribution in [2.24, 2.45) is 0 Å². The van der Waals surface area contributed by atoms with Crippen LogP contribution in [0.2, 0.25) is 0 Å². The van der Waals surface area contributed by atoms with Gasteiger partial charge in [-0.3, -0.25) is 9.52 Å². The van der Waals surface area contributed by atoms with Crippen molar-refractivity contribution in [2.45, 2.75) is 34.3 Å². The molecule has 0 aliphatic carbocycles. The van der Waals surface area contributed by atoms with Crippen molar-refractivity contribution in [1.29, 1.82) is 0 Å². The summed E-state index contributed by atoms with van der Waals surface area (Å²) in [6.07, 6.45) is 0. The lowest BCUT2D eigenvalue weighted by atomic mass is 10.1. The first-order valence-electron chi connectivity index (χ1n) is 10.3. The first-order valence-corrected chi connectivity index (χ1v) is 11.9. The Kier molecular flexibility index (Phi) is 7.27. The highest BCUT2D eigenvalue weighted by Crippen LogP contribution is 2.30. The number of nitrogens with one attached hydrogen (secondary N) is 2. The molecule has 0 aliphatic rings. The molecule has 9 nitrogen and oxygen atoms in total. The maximum absolute atomic E-state index is 12.8. The highest BCUT2D eigenvalue weighted by Gasteiger charge is 2.15. The van der Waals surface area contributed by atoms with Gasteiger partial charge in [0, 0.05) is 11.3 Å². The van der Waals surface area contributed by atoms with Gasteiger partial charge in [-0.2, -0.15) is 0 Å². The van der Waals surface area contributed by atoms with Gasteiger partial charge in [-0.15, -0.1) is 0 Å². The normalized spacial score (nSPS) is 11.2. The maximum atomic E-state index is 12.8. The molecule has 3 aromatic rings. The Morgan fingerprint density at radius 1 is 1.09 bits per heavy atom. The summed E-state index contributed by atoms with van der Waals surface area (Å²) in [6.45, 7) is 7.24. The standard InChI is InChI=1S/C23H27N3O6S/c1-6-33(28,29)26-20-9-8-18(11-14(20)2)24-23(27)17-7-10-21(22(12-17)30-5)31-13-19-15(3)25-32-16(19)4/h7-12,26H,6,13H2,1-5H3,(H,24,27). The quantitative estimate of drug-likeness (QED) is 0.478. The van der Waals surface area contributed by atoms with Crippen LogP contribution < -0.4 is 19.5 Å². The Balaban J connectivity index is 1.72. The maximum Gasteiger partial charge on any atom is 0.255 e. The minimum Gasteiger partial charge on any atom is -0.493 e. The van der Waals surface area contributed by atoms with E-state index in [0.29, 0.717) is 39.8 Å². The van der Waals surface area contributed by atoms with Gasteiger partial charge in [-0.25, -0.2) is 8.42 Å². The summed E-state index contributed by atoms with van der Waals surface area (Å²) in [5.74, 6) is 1.22. The Hall–Kier alpha value is -3.53. The third-order valence-electron chi connectivity index (χ3n) is 5.11. The number of hydrogen-bond acceptors (Lipinski definition) is 7. The van der Waals surface area contributed by atoms with Crippen molar-refractivity contribution >= 4 is 27.3 Å². The summed E-state index contributed by atoms with van der Waals surface area (Å²) in [6, 6.07) is 9.84. The van der Waals surface area contributed by atoms with Gasteiger partial charge in [0.05, 0.1) is 29.8 Å². The number of amides is 1. The first-order chi connectivity index (χ1) is 15.6. The summed E-state index contributed by atoms with van der Waals surface area (Å²) in [5.41, 5.74) is 3.69. The van der Waals surface area contributed by atoms with Crippen LogP contribution in [0, 0.1) is 20.8 Å². The molecule has 3 rings (SSSR count). The topological polar surface area (TPSA) is 120 Å². The van der Waals surface area contributed by atoms with Crippen molar-refractivity contribution in [3.63, 3.8) is 0 Å². The second kappa shape index (κ2) is 9.95. The van der Waals surface area contributed by atoms with Gasteiger partial charge < -0.3 is 19.3 Å². The van der Waals surface area contributed by atoms with Crippen molar-refractivity contribution in [1.82, 2.24) is 5.16 Å². The molecular formula is C23H27N3O6S. The predicted octanol–water partition coefficient (Wildman–Crippen LogP) is 4.20. The molecule has 0 atom stereocenters. The lowest BCUT2D eigenvalue weighted by Crippen LogP contribution is -2.16. The molecule has 33 heavy (non-hydrogen) atoms. The predicted molar refractivity (Wildman–Crippen MR) is 126 cm³/mol. The van der Waals surface area contributed by atoms with E-state index in [9.17, 15) is 13.2 Å². The zero-order chi connectivity index (χ0) is 24.2. The number of sulfonamides is 1. The Morgan fingerprint density at radius 3 is 2.45 bits per heavy atom. The largest absolute Gasteiger partial charge is 0.493 e. The molecule has 1 aromatic heterocycles. The summed E-state index contributed by atoms with van der Waals surface area (Å²) < 4.78 is 42.5. The second-order valence-electron chi connectivity index (χ2n) is 7.45. The van der Waals surface area contributed by atoms with Crippen LogP contribution in [-0.4, -0.2) is 32.3 Å². The Bertz CT molecular complexity index is 1250. The molecule has 0 radical (unpaired) electrons. The lowest BCUT2D eigenvalue weighted by Gasteiger charge is -2.13.